The molecule has 14 heteroatoms. The van der Waals surface area contributed by atoms with Gasteiger partial charge in [0, 0.05) is 106 Å². The molecule has 0 bridgehead atoms. The van der Waals surface area contributed by atoms with Crippen molar-refractivity contribution >= 4 is 40.6 Å². The minimum atomic E-state index is -0.686. The largest absolute Gasteiger partial charge is 0.384 e. The monoisotopic (exact) mass is 905 g/mol. The lowest BCUT2D eigenvalue weighted by molar-refractivity contribution is -0.135. The van der Waals surface area contributed by atoms with Crippen molar-refractivity contribution in [2.75, 3.05) is 58.1 Å². The highest BCUT2D eigenvalue weighted by Crippen LogP contribution is 2.43. The molecule has 10 rings (SSSR count). The van der Waals surface area contributed by atoms with E-state index in [-0.39, 0.29) is 29.8 Å². The van der Waals surface area contributed by atoms with Gasteiger partial charge in [0.15, 0.2) is 0 Å². The Morgan fingerprint density at radius 1 is 0.866 bits per heavy atom. The molecule has 67 heavy (non-hydrogen) atoms. The molecule has 1 aliphatic carbocycles. The topological polar surface area (TPSA) is 155 Å². The van der Waals surface area contributed by atoms with E-state index in [9.17, 15) is 19.2 Å². The number of imide groups is 1. The van der Waals surface area contributed by atoms with E-state index < -0.39 is 11.9 Å². The highest BCUT2D eigenvalue weighted by atomic mass is 16.2. The van der Waals surface area contributed by atoms with Gasteiger partial charge in [-0.3, -0.25) is 48.5 Å². The van der Waals surface area contributed by atoms with Crippen molar-refractivity contribution < 1.29 is 14.4 Å². The third-order valence-corrected chi connectivity index (χ3v) is 15.9. The number of imidazole rings is 1. The zero-order valence-corrected chi connectivity index (χ0v) is 39.4. The van der Waals surface area contributed by atoms with E-state index in [1.807, 2.05) is 30.6 Å². The number of anilines is 1. The molecule has 4 saturated heterocycles. The van der Waals surface area contributed by atoms with Crippen molar-refractivity contribution in [2.24, 2.45) is 13.0 Å². The number of piperidine rings is 3. The van der Waals surface area contributed by atoms with Gasteiger partial charge in [0.1, 0.15) is 11.9 Å². The van der Waals surface area contributed by atoms with E-state index in [0.29, 0.717) is 41.7 Å². The van der Waals surface area contributed by atoms with E-state index >= 15 is 0 Å². The standard InChI is InChI=1S/C53H64N10O4/c1-33-30-59(31-37-5-11-45-47(27-37)58(4)53(67)63(45)46-12-14-49(64)57-51(46)65)25-26-62(33)32-36-16-21-61(22-17-36)52(66)40-8-6-38(7-9-40)39-18-23-60(24-19-39)35(3)43-28-44-42(15-20-55-50(44)34(43)2)41-10-13-48(54)56-29-41/h5-11,13,15,20,27-29,33-36,39,46H,12,14,16-19,21-26,30-32H2,1-4H3,(H2,54,56)(H,57,64,65)/t33-,34?,35-,46?/m0/s1. The van der Waals surface area contributed by atoms with Gasteiger partial charge in [-0.25, -0.2) is 9.78 Å². The molecule has 7 heterocycles. The van der Waals surface area contributed by atoms with Crippen molar-refractivity contribution in [2.45, 2.75) is 95.8 Å². The van der Waals surface area contributed by atoms with Crippen LogP contribution in [0.3, 0.4) is 0 Å². The van der Waals surface area contributed by atoms with Crippen LogP contribution in [0.5, 0.6) is 0 Å². The van der Waals surface area contributed by atoms with Crippen LogP contribution in [0.25, 0.3) is 28.2 Å². The molecule has 5 aromatic rings. The lowest BCUT2D eigenvalue weighted by atomic mass is 9.87. The molecule has 2 unspecified atom stereocenters. The van der Waals surface area contributed by atoms with Gasteiger partial charge < -0.3 is 10.6 Å². The number of aryl methyl sites for hydroxylation is 1. The first-order chi connectivity index (χ1) is 32.4. The number of hydrogen-bond acceptors (Lipinski definition) is 10. The number of fused-ring (bicyclic) bond motifs is 2. The van der Waals surface area contributed by atoms with Crippen molar-refractivity contribution in [3.8, 4) is 11.1 Å². The Kier molecular flexibility index (Phi) is 12.5. The number of rotatable bonds is 10. The number of nitrogens with two attached hydrogens (primary N) is 1. The molecule has 5 aliphatic rings. The second-order valence-electron chi connectivity index (χ2n) is 19.9. The van der Waals surface area contributed by atoms with Crippen LogP contribution in [-0.4, -0.2) is 121 Å². The molecule has 4 aliphatic heterocycles. The Labute approximate surface area is 392 Å². The third kappa shape index (κ3) is 8.87. The smallest absolute Gasteiger partial charge is 0.329 e. The van der Waals surface area contributed by atoms with Crippen LogP contribution in [0.15, 0.2) is 83.4 Å². The van der Waals surface area contributed by atoms with Crippen LogP contribution in [0.4, 0.5) is 5.82 Å². The average Bonchev–Trinajstić information content (AvgIpc) is 3.81. The summed E-state index contributed by atoms with van der Waals surface area (Å²) in [7, 11) is 1.74. The summed E-state index contributed by atoms with van der Waals surface area (Å²) in [6, 6.07) is 20.6. The van der Waals surface area contributed by atoms with Crippen molar-refractivity contribution in [3.05, 3.63) is 117 Å². The van der Waals surface area contributed by atoms with E-state index in [1.54, 1.807) is 11.6 Å². The summed E-state index contributed by atoms with van der Waals surface area (Å²) in [5, 5.41) is 2.39. The predicted molar refractivity (Wildman–Crippen MR) is 261 cm³/mol. The van der Waals surface area contributed by atoms with Gasteiger partial charge in [-0.15, -0.1) is 0 Å². The van der Waals surface area contributed by atoms with E-state index in [1.165, 1.54) is 21.3 Å². The van der Waals surface area contributed by atoms with Gasteiger partial charge in [0.2, 0.25) is 11.8 Å². The molecular weight excluding hydrogens is 841 g/mol. The lowest BCUT2D eigenvalue weighted by Crippen LogP contribution is -2.53. The van der Waals surface area contributed by atoms with Gasteiger partial charge in [-0.2, -0.15) is 0 Å². The Morgan fingerprint density at radius 3 is 2.36 bits per heavy atom. The number of nitrogens with zero attached hydrogens (tertiary/aromatic N) is 8. The highest BCUT2D eigenvalue weighted by Gasteiger charge is 2.35. The lowest BCUT2D eigenvalue weighted by Gasteiger charge is -2.42. The number of pyridine rings is 2. The van der Waals surface area contributed by atoms with Gasteiger partial charge in [-0.1, -0.05) is 31.2 Å². The normalized spacial score (nSPS) is 23.1. The number of benzene rings is 2. The Morgan fingerprint density at radius 2 is 1.64 bits per heavy atom. The van der Waals surface area contributed by atoms with Gasteiger partial charge in [0.25, 0.3) is 5.91 Å². The van der Waals surface area contributed by atoms with E-state index in [0.717, 1.165) is 118 Å². The maximum Gasteiger partial charge on any atom is 0.329 e. The molecule has 3 N–H and O–H groups in total. The SMILES string of the molecule is CC1C([C@H](C)N2CCC(c3ccc(C(=O)N4CCC(CN5CCN(Cc6ccc7c(c6)n(C)c(=O)n7C6CCC(=O)NC6=O)C[C@@H]5C)CC4)cc3)CC2)=Cc2c(-c3ccc(N)nc3)ccnc21. The minimum Gasteiger partial charge on any atom is -0.384 e. The molecule has 4 fully saturated rings. The van der Waals surface area contributed by atoms with Crippen molar-refractivity contribution in [1.29, 1.82) is 0 Å². The van der Waals surface area contributed by atoms with Gasteiger partial charge in [0.05, 0.1) is 16.7 Å². The number of amides is 3. The molecule has 2 aromatic carbocycles. The van der Waals surface area contributed by atoms with Crippen LogP contribution in [0.1, 0.15) is 110 Å². The third-order valence-electron chi connectivity index (χ3n) is 15.9. The molecule has 4 atom stereocenters. The summed E-state index contributed by atoms with van der Waals surface area (Å²) in [6.45, 7) is 15.3. The Balaban J connectivity index is 0.674. The van der Waals surface area contributed by atoms with E-state index in [2.05, 4.69) is 99.2 Å². The van der Waals surface area contributed by atoms with Crippen molar-refractivity contribution in [1.82, 2.24) is 44.0 Å². The number of carbonyl (C=O) groups excluding carboxylic acids is 3. The second-order valence-corrected chi connectivity index (χ2v) is 19.9. The van der Waals surface area contributed by atoms with Crippen LogP contribution in [0.2, 0.25) is 0 Å². The van der Waals surface area contributed by atoms with Gasteiger partial charge in [-0.05, 0) is 136 Å². The number of carbonyl (C=O) groups is 3. The van der Waals surface area contributed by atoms with Crippen molar-refractivity contribution in [3.63, 3.8) is 0 Å². The molecule has 3 amide bonds. The van der Waals surface area contributed by atoms with Crippen LogP contribution in [0, 0.1) is 5.92 Å². The van der Waals surface area contributed by atoms with Gasteiger partial charge >= 0.3 is 5.69 Å². The number of aromatic nitrogens is 4. The fourth-order valence-electron chi connectivity index (χ4n) is 11.8. The molecule has 3 aromatic heterocycles. The summed E-state index contributed by atoms with van der Waals surface area (Å²) in [4.78, 5) is 70.3. The quantitative estimate of drug-likeness (QED) is 0.155. The summed E-state index contributed by atoms with van der Waals surface area (Å²) >= 11 is 0. The first-order valence-electron chi connectivity index (χ1n) is 24.5. The Bertz CT molecular complexity index is 2760. The number of nitrogen functional groups attached to an aromatic ring is 1. The zero-order valence-electron chi connectivity index (χ0n) is 39.4. The second kappa shape index (κ2) is 18.6. The summed E-state index contributed by atoms with van der Waals surface area (Å²) < 4.78 is 3.14. The fourth-order valence-corrected chi connectivity index (χ4v) is 11.8. The van der Waals surface area contributed by atoms with Crippen LogP contribution >= 0.6 is 0 Å². The number of hydrogen-bond donors (Lipinski definition) is 2. The summed E-state index contributed by atoms with van der Waals surface area (Å²) in [5.74, 6) is 1.26. The highest BCUT2D eigenvalue weighted by molar-refractivity contribution is 6.00. The number of piperazine rings is 1. The predicted octanol–water partition coefficient (Wildman–Crippen LogP) is 6.18. The molecule has 0 spiro atoms. The van der Waals surface area contributed by atoms with E-state index in [4.69, 9.17) is 10.7 Å². The van der Waals surface area contributed by atoms with Crippen LogP contribution in [-0.2, 0) is 23.2 Å². The Hall–Kier alpha value is -5.96. The maximum absolute atomic E-state index is 13.7. The molecule has 14 nitrogen and oxygen atoms in total. The molecule has 0 radical (unpaired) electrons. The molecule has 350 valence electrons. The fraction of sp³-hybridized carbons (Fsp3) is 0.472. The molecular formula is C53H64N10O4. The minimum absolute atomic E-state index is 0.145. The first kappa shape index (κ1) is 44.9. The number of nitrogens with one attached hydrogen (secondary N) is 1. The average molecular weight is 905 g/mol. The number of likely N-dealkylation sites (tertiary alicyclic amines) is 2. The summed E-state index contributed by atoms with van der Waals surface area (Å²) in [5.41, 5.74) is 16.3. The zero-order chi connectivity index (χ0) is 46.5. The maximum atomic E-state index is 13.7. The molecule has 0 saturated carbocycles. The first-order valence-corrected chi connectivity index (χ1v) is 24.5. The van der Waals surface area contributed by atoms with Crippen LogP contribution < -0.4 is 16.7 Å². The summed E-state index contributed by atoms with van der Waals surface area (Å²) in [6.07, 6.45) is 10.9.